The molecule has 0 atom stereocenters. The van der Waals surface area contributed by atoms with Gasteiger partial charge in [0.15, 0.2) is 0 Å². The highest BCUT2D eigenvalue weighted by atomic mass is 16.5. The van der Waals surface area contributed by atoms with Gasteiger partial charge in [-0.25, -0.2) is 4.98 Å². The lowest BCUT2D eigenvalue weighted by atomic mass is 10.0. The number of anilines is 2. The third kappa shape index (κ3) is 4.10. The first kappa shape index (κ1) is 16.3. The third-order valence-electron chi connectivity index (χ3n) is 4.92. The van der Waals surface area contributed by atoms with Crippen molar-refractivity contribution in [2.75, 3.05) is 37.4 Å². The molecule has 1 saturated carbocycles. The van der Waals surface area contributed by atoms with E-state index in [1.165, 1.54) is 12.8 Å². The van der Waals surface area contributed by atoms with E-state index in [-0.39, 0.29) is 0 Å². The highest BCUT2D eigenvalue weighted by Gasteiger charge is 2.28. The van der Waals surface area contributed by atoms with Crippen LogP contribution in [0.15, 0.2) is 22.9 Å². The Morgan fingerprint density at radius 3 is 2.76 bits per heavy atom. The van der Waals surface area contributed by atoms with Crippen LogP contribution in [0.25, 0.3) is 0 Å². The summed E-state index contributed by atoms with van der Waals surface area (Å²) in [6.45, 7) is 3.02. The molecule has 4 rings (SSSR count). The minimum atomic E-state index is 0.459. The van der Waals surface area contributed by atoms with Crippen molar-refractivity contribution in [3.63, 3.8) is 0 Å². The molecule has 2 fully saturated rings. The second-order valence-corrected chi connectivity index (χ2v) is 7.33. The number of rotatable bonds is 6. The van der Waals surface area contributed by atoms with Gasteiger partial charge in [-0.3, -0.25) is 4.90 Å². The predicted octanol–water partition coefficient (Wildman–Crippen LogP) is 2.48. The van der Waals surface area contributed by atoms with E-state index in [1.54, 1.807) is 0 Å². The number of piperidine rings is 1. The smallest absolute Gasteiger partial charge is 0.226 e. The lowest BCUT2D eigenvalue weighted by Gasteiger charge is -2.32. The van der Waals surface area contributed by atoms with Crippen LogP contribution in [0.5, 0.6) is 0 Å². The van der Waals surface area contributed by atoms with Crippen LogP contribution in [0.4, 0.5) is 11.8 Å². The molecule has 1 aliphatic carbocycles. The maximum absolute atomic E-state index is 5.45. The van der Waals surface area contributed by atoms with Crippen LogP contribution in [0, 0.1) is 0 Å². The molecule has 0 amide bonds. The van der Waals surface area contributed by atoms with E-state index >= 15 is 0 Å². The van der Waals surface area contributed by atoms with Gasteiger partial charge in [-0.1, -0.05) is 5.16 Å². The molecule has 0 bridgehead atoms. The zero-order valence-corrected chi connectivity index (χ0v) is 15.0. The zero-order valence-electron chi connectivity index (χ0n) is 15.0. The quantitative estimate of drug-likeness (QED) is 0.865. The maximum Gasteiger partial charge on any atom is 0.226 e. The average molecular weight is 342 g/mol. The van der Waals surface area contributed by atoms with Gasteiger partial charge in [0.05, 0.1) is 5.69 Å². The van der Waals surface area contributed by atoms with Gasteiger partial charge in [0.2, 0.25) is 5.95 Å². The van der Waals surface area contributed by atoms with Gasteiger partial charge in [0, 0.05) is 58.0 Å². The van der Waals surface area contributed by atoms with Crippen LogP contribution in [0.1, 0.15) is 43.1 Å². The number of hydrogen-bond acceptors (Lipinski definition) is 7. The van der Waals surface area contributed by atoms with Gasteiger partial charge in [0.25, 0.3) is 0 Å². The van der Waals surface area contributed by atoms with Gasteiger partial charge in [-0.15, -0.1) is 0 Å². The fraction of sp³-hybridized carbons (Fsp3) is 0.611. The largest absolute Gasteiger partial charge is 0.367 e. The molecule has 0 aromatic carbocycles. The maximum atomic E-state index is 5.45. The zero-order chi connectivity index (χ0) is 17.2. The van der Waals surface area contributed by atoms with Crippen LogP contribution >= 0.6 is 0 Å². The molecule has 7 heteroatoms. The van der Waals surface area contributed by atoms with E-state index in [9.17, 15) is 0 Å². The molecule has 2 aromatic rings. The van der Waals surface area contributed by atoms with Crippen molar-refractivity contribution in [3.8, 4) is 0 Å². The number of aromatic nitrogens is 3. The van der Waals surface area contributed by atoms with Crippen molar-refractivity contribution in [1.29, 1.82) is 0 Å². The van der Waals surface area contributed by atoms with Crippen molar-refractivity contribution in [2.24, 2.45) is 0 Å². The van der Waals surface area contributed by atoms with E-state index < -0.39 is 0 Å². The summed E-state index contributed by atoms with van der Waals surface area (Å²) in [6, 6.07) is 4.54. The Labute approximate surface area is 148 Å². The minimum Gasteiger partial charge on any atom is -0.367 e. The molecule has 0 radical (unpaired) electrons. The number of hydrogen-bond donors (Lipinski definition) is 1. The number of likely N-dealkylation sites (tertiary alicyclic amines) is 1. The lowest BCUT2D eigenvalue weighted by molar-refractivity contribution is 0.205. The highest BCUT2D eigenvalue weighted by Crippen LogP contribution is 2.40. The van der Waals surface area contributed by atoms with E-state index in [4.69, 9.17) is 4.52 Å². The topological polar surface area (TPSA) is 70.3 Å². The van der Waals surface area contributed by atoms with Crippen LogP contribution < -0.4 is 10.2 Å². The second kappa shape index (κ2) is 7.00. The SMILES string of the molecule is CN(C)c1nccc(NC2CCN(Cc3cc(C4CC4)on3)CC2)n1. The Morgan fingerprint density at radius 2 is 2.04 bits per heavy atom. The molecular formula is C18H26N6O. The average Bonchev–Trinajstić information content (AvgIpc) is 3.37. The molecule has 2 aromatic heterocycles. The number of nitrogens with zero attached hydrogens (tertiary/aromatic N) is 5. The lowest BCUT2D eigenvalue weighted by Crippen LogP contribution is -2.38. The minimum absolute atomic E-state index is 0.459. The van der Waals surface area contributed by atoms with Crippen LogP contribution in [0.2, 0.25) is 0 Å². The standard InChI is InChI=1S/C18H26N6O/c1-23(2)18-19-8-5-17(21-18)20-14-6-9-24(10-7-14)12-15-11-16(25-22-15)13-3-4-13/h5,8,11,13-14H,3-4,6-7,9-10,12H2,1-2H3,(H,19,20,21). The molecule has 134 valence electrons. The fourth-order valence-corrected chi connectivity index (χ4v) is 3.28. The Bertz CT molecular complexity index is 703. The van der Waals surface area contributed by atoms with Gasteiger partial charge in [-0.2, -0.15) is 4.98 Å². The summed E-state index contributed by atoms with van der Waals surface area (Å²) in [5.41, 5.74) is 1.07. The molecule has 1 saturated heterocycles. The second-order valence-electron chi connectivity index (χ2n) is 7.33. The van der Waals surface area contributed by atoms with E-state index in [0.29, 0.717) is 12.0 Å². The van der Waals surface area contributed by atoms with Crippen LogP contribution in [-0.4, -0.2) is 53.3 Å². The Morgan fingerprint density at radius 1 is 1.24 bits per heavy atom. The Kier molecular flexibility index (Phi) is 4.57. The Balaban J connectivity index is 1.27. The predicted molar refractivity (Wildman–Crippen MR) is 96.8 cm³/mol. The Hall–Kier alpha value is -2.15. The first-order chi connectivity index (χ1) is 12.2. The van der Waals surface area contributed by atoms with Gasteiger partial charge in [-0.05, 0) is 31.7 Å². The molecule has 2 aliphatic rings. The molecular weight excluding hydrogens is 316 g/mol. The van der Waals surface area contributed by atoms with Crippen molar-refractivity contribution in [2.45, 2.75) is 44.2 Å². The molecule has 3 heterocycles. The van der Waals surface area contributed by atoms with Crippen molar-refractivity contribution < 1.29 is 4.52 Å². The molecule has 25 heavy (non-hydrogen) atoms. The summed E-state index contributed by atoms with van der Waals surface area (Å²) < 4.78 is 5.45. The fourth-order valence-electron chi connectivity index (χ4n) is 3.28. The summed E-state index contributed by atoms with van der Waals surface area (Å²) in [5, 5.41) is 7.78. The summed E-state index contributed by atoms with van der Waals surface area (Å²) in [5.74, 6) is 3.35. The summed E-state index contributed by atoms with van der Waals surface area (Å²) >= 11 is 0. The van der Waals surface area contributed by atoms with E-state index in [2.05, 4.69) is 31.4 Å². The first-order valence-corrected chi connectivity index (χ1v) is 9.12. The highest BCUT2D eigenvalue weighted by molar-refractivity contribution is 5.41. The molecule has 0 unspecified atom stereocenters. The first-order valence-electron chi connectivity index (χ1n) is 9.12. The van der Waals surface area contributed by atoms with Crippen molar-refractivity contribution in [1.82, 2.24) is 20.0 Å². The van der Waals surface area contributed by atoms with Gasteiger partial charge in [0.1, 0.15) is 11.6 Å². The third-order valence-corrected chi connectivity index (χ3v) is 4.92. The summed E-state index contributed by atoms with van der Waals surface area (Å²) in [4.78, 5) is 13.2. The van der Waals surface area contributed by atoms with Gasteiger partial charge >= 0.3 is 0 Å². The monoisotopic (exact) mass is 342 g/mol. The van der Waals surface area contributed by atoms with E-state index in [0.717, 1.165) is 55.7 Å². The molecule has 1 N–H and O–H groups in total. The van der Waals surface area contributed by atoms with Crippen LogP contribution in [0.3, 0.4) is 0 Å². The van der Waals surface area contributed by atoms with Crippen LogP contribution in [-0.2, 0) is 6.54 Å². The summed E-state index contributed by atoms with van der Waals surface area (Å²) in [7, 11) is 3.91. The van der Waals surface area contributed by atoms with Crippen molar-refractivity contribution in [3.05, 3.63) is 29.8 Å². The van der Waals surface area contributed by atoms with Gasteiger partial charge < -0.3 is 14.7 Å². The number of nitrogens with one attached hydrogen (secondary N) is 1. The molecule has 1 aliphatic heterocycles. The molecule has 7 nitrogen and oxygen atoms in total. The van der Waals surface area contributed by atoms with Crippen molar-refractivity contribution >= 4 is 11.8 Å². The normalized spacial score (nSPS) is 19.1. The molecule has 0 spiro atoms. The van der Waals surface area contributed by atoms with E-state index in [1.807, 2.05) is 31.3 Å². The summed E-state index contributed by atoms with van der Waals surface area (Å²) in [6.07, 6.45) is 6.53.